The van der Waals surface area contributed by atoms with Crippen molar-refractivity contribution in [2.24, 2.45) is 5.73 Å². The molecule has 8 heteroatoms. The molecule has 0 aliphatic carbocycles. The van der Waals surface area contributed by atoms with E-state index < -0.39 is 10.0 Å². The Morgan fingerprint density at radius 1 is 1.33 bits per heavy atom. The van der Waals surface area contributed by atoms with Gasteiger partial charge in [0.1, 0.15) is 0 Å². The van der Waals surface area contributed by atoms with Crippen LogP contribution in [0.2, 0.25) is 0 Å². The molecule has 4 N–H and O–H groups in total. The van der Waals surface area contributed by atoms with Gasteiger partial charge in [-0.25, -0.2) is 8.42 Å². The number of anilines is 1. The first-order valence-electron chi connectivity index (χ1n) is 6.50. The van der Waals surface area contributed by atoms with E-state index in [4.69, 9.17) is 5.73 Å². The van der Waals surface area contributed by atoms with E-state index in [0.717, 1.165) is 0 Å². The lowest BCUT2D eigenvalue weighted by atomic mass is 10.1. The quantitative estimate of drug-likeness (QED) is 0.699. The highest BCUT2D eigenvalue weighted by Crippen LogP contribution is 2.17. The van der Waals surface area contributed by atoms with E-state index in [1.807, 2.05) is 0 Å². The molecular formula is C13H22ClN3O3S. The third-order valence-electron chi connectivity index (χ3n) is 2.64. The van der Waals surface area contributed by atoms with Gasteiger partial charge in [0.2, 0.25) is 10.0 Å². The van der Waals surface area contributed by atoms with Crippen LogP contribution in [0.5, 0.6) is 0 Å². The van der Waals surface area contributed by atoms with Crippen LogP contribution in [0.4, 0.5) is 5.69 Å². The zero-order valence-electron chi connectivity index (χ0n) is 12.1. The molecule has 0 aliphatic heterocycles. The molecule has 0 unspecified atom stereocenters. The number of hydrogen-bond acceptors (Lipinski definition) is 4. The second kappa shape index (κ2) is 8.86. The van der Waals surface area contributed by atoms with Gasteiger partial charge in [-0.05, 0) is 25.5 Å². The summed E-state index contributed by atoms with van der Waals surface area (Å²) in [5, 5.41) is 2.71. The highest BCUT2D eigenvalue weighted by atomic mass is 35.5. The second-order valence-corrected chi connectivity index (χ2v) is 6.42. The molecule has 0 spiro atoms. The van der Waals surface area contributed by atoms with E-state index in [9.17, 15) is 13.2 Å². The molecule has 1 rings (SSSR count). The van der Waals surface area contributed by atoms with Gasteiger partial charge in [-0.15, -0.1) is 12.4 Å². The maximum Gasteiger partial charge on any atom is 0.253 e. The molecule has 0 fully saturated rings. The van der Waals surface area contributed by atoms with Crippen LogP contribution >= 0.6 is 12.4 Å². The fraction of sp³-hybridized carbons (Fsp3) is 0.462. The Morgan fingerprint density at radius 2 is 1.95 bits per heavy atom. The molecule has 0 heterocycles. The zero-order chi connectivity index (χ0) is 15.2. The maximum absolute atomic E-state index is 12.1. The molecule has 1 aromatic rings. The maximum atomic E-state index is 12.1. The molecule has 0 saturated carbocycles. The Morgan fingerprint density at radius 3 is 2.52 bits per heavy atom. The average Bonchev–Trinajstić information content (AvgIpc) is 2.38. The number of nitrogens with one attached hydrogen (secondary N) is 2. The van der Waals surface area contributed by atoms with Crippen molar-refractivity contribution in [1.29, 1.82) is 0 Å². The highest BCUT2D eigenvalue weighted by molar-refractivity contribution is 7.92. The highest BCUT2D eigenvalue weighted by Gasteiger charge is 2.16. The molecule has 0 aliphatic rings. The average molecular weight is 336 g/mol. The lowest BCUT2D eigenvalue weighted by molar-refractivity contribution is 0.0942. The number of rotatable bonds is 7. The Kier molecular flexibility index (Phi) is 8.31. The minimum Gasteiger partial charge on any atom is -0.348 e. The van der Waals surface area contributed by atoms with Crippen LogP contribution in [0.15, 0.2) is 24.3 Å². The fourth-order valence-electron chi connectivity index (χ4n) is 1.62. The molecule has 6 nitrogen and oxygen atoms in total. The van der Waals surface area contributed by atoms with E-state index in [-0.39, 0.29) is 41.4 Å². The van der Waals surface area contributed by atoms with Crippen molar-refractivity contribution < 1.29 is 13.2 Å². The van der Waals surface area contributed by atoms with Crippen molar-refractivity contribution in [1.82, 2.24) is 5.32 Å². The summed E-state index contributed by atoms with van der Waals surface area (Å²) in [5.74, 6) is -0.333. The van der Waals surface area contributed by atoms with Crippen LogP contribution in [0, 0.1) is 0 Å². The molecule has 1 amide bonds. The van der Waals surface area contributed by atoms with Crippen molar-refractivity contribution in [2.75, 3.05) is 17.0 Å². The summed E-state index contributed by atoms with van der Waals surface area (Å²) in [6, 6.07) is 6.31. The molecule has 1 aromatic carbocycles. The predicted molar refractivity (Wildman–Crippen MR) is 87.4 cm³/mol. The normalized spacial score (nSPS) is 12.1. The first kappa shape index (κ1) is 19.7. The van der Waals surface area contributed by atoms with Crippen LogP contribution in [0.25, 0.3) is 0 Å². The SMILES string of the molecule is CCCS(=O)(=O)Nc1ccccc1C(=O)N[C@@H](C)CN.Cl. The molecule has 120 valence electrons. The van der Waals surface area contributed by atoms with Crippen LogP contribution in [0.3, 0.4) is 0 Å². The van der Waals surface area contributed by atoms with Gasteiger partial charge in [-0.1, -0.05) is 19.1 Å². The summed E-state index contributed by atoms with van der Waals surface area (Å²) in [6.45, 7) is 3.87. The van der Waals surface area contributed by atoms with Gasteiger partial charge >= 0.3 is 0 Å². The Hall–Kier alpha value is -1.31. The standard InChI is InChI=1S/C13H21N3O3S.ClH/c1-3-8-20(18,19)16-12-7-5-4-6-11(12)13(17)15-10(2)9-14;/h4-7,10,16H,3,8-9,14H2,1-2H3,(H,15,17);1H/t10-;/m0./s1. The third kappa shape index (κ3) is 6.33. The first-order chi connectivity index (χ1) is 9.39. The van der Waals surface area contributed by atoms with Crippen LogP contribution < -0.4 is 15.8 Å². The van der Waals surface area contributed by atoms with E-state index in [1.165, 1.54) is 0 Å². The minimum atomic E-state index is -3.43. The van der Waals surface area contributed by atoms with Gasteiger partial charge in [-0.3, -0.25) is 9.52 Å². The van der Waals surface area contributed by atoms with Crippen LogP contribution in [-0.2, 0) is 10.0 Å². The van der Waals surface area contributed by atoms with Gasteiger partial charge < -0.3 is 11.1 Å². The Labute approximate surface area is 132 Å². The summed E-state index contributed by atoms with van der Waals surface area (Å²) in [4.78, 5) is 12.1. The summed E-state index contributed by atoms with van der Waals surface area (Å²) in [7, 11) is -3.43. The lowest BCUT2D eigenvalue weighted by Gasteiger charge is -2.15. The zero-order valence-corrected chi connectivity index (χ0v) is 13.8. The Bertz CT molecular complexity index is 564. The molecule has 1 atom stereocenters. The van der Waals surface area contributed by atoms with Gasteiger partial charge in [0, 0.05) is 12.6 Å². The van der Waals surface area contributed by atoms with Crippen molar-refractivity contribution >= 4 is 34.0 Å². The van der Waals surface area contributed by atoms with Crippen LogP contribution in [-0.4, -0.2) is 32.7 Å². The van der Waals surface area contributed by atoms with Gasteiger partial charge in [0.05, 0.1) is 17.0 Å². The van der Waals surface area contributed by atoms with Gasteiger partial charge in [0.15, 0.2) is 0 Å². The van der Waals surface area contributed by atoms with E-state index >= 15 is 0 Å². The van der Waals surface area contributed by atoms with Gasteiger partial charge in [0.25, 0.3) is 5.91 Å². The smallest absolute Gasteiger partial charge is 0.253 e. The molecule has 0 bridgehead atoms. The summed E-state index contributed by atoms with van der Waals surface area (Å²) in [5.41, 5.74) is 6.02. The van der Waals surface area contributed by atoms with Crippen molar-refractivity contribution in [3.8, 4) is 0 Å². The summed E-state index contributed by atoms with van der Waals surface area (Å²) < 4.78 is 26.0. The topological polar surface area (TPSA) is 101 Å². The first-order valence-corrected chi connectivity index (χ1v) is 8.15. The molecular weight excluding hydrogens is 314 g/mol. The molecule has 0 aromatic heterocycles. The predicted octanol–water partition coefficient (Wildman–Crippen LogP) is 1.34. The lowest BCUT2D eigenvalue weighted by Crippen LogP contribution is -2.38. The number of hydrogen-bond donors (Lipinski definition) is 3. The second-order valence-electron chi connectivity index (χ2n) is 4.58. The van der Waals surface area contributed by atoms with Crippen molar-refractivity contribution in [3.05, 3.63) is 29.8 Å². The number of carbonyl (C=O) groups excluding carboxylic acids is 1. The van der Waals surface area contributed by atoms with Crippen molar-refractivity contribution in [2.45, 2.75) is 26.3 Å². The molecule has 0 radical (unpaired) electrons. The van der Waals surface area contributed by atoms with E-state index in [2.05, 4.69) is 10.0 Å². The largest absolute Gasteiger partial charge is 0.348 e. The number of nitrogens with two attached hydrogens (primary N) is 1. The number of benzene rings is 1. The number of carbonyl (C=O) groups is 1. The fourth-order valence-corrected chi connectivity index (χ4v) is 2.77. The number of para-hydroxylation sites is 1. The number of sulfonamides is 1. The summed E-state index contributed by atoms with van der Waals surface area (Å²) in [6.07, 6.45) is 0.508. The van der Waals surface area contributed by atoms with E-state index in [0.29, 0.717) is 13.0 Å². The summed E-state index contributed by atoms with van der Waals surface area (Å²) >= 11 is 0. The minimum absolute atomic E-state index is 0. The Balaban J connectivity index is 0.00000400. The third-order valence-corrected chi connectivity index (χ3v) is 4.12. The van der Waals surface area contributed by atoms with Gasteiger partial charge in [-0.2, -0.15) is 0 Å². The molecule has 0 saturated heterocycles. The number of amides is 1. The molecule has 21 heavy (non-hydrogen) atoms. The van der Waals surface area contributed by atoms with E-state index in [1.54, 1.807) is 38.1 Å². The van der Waals surface area contributed by atoms with Crippen molar-refractivity contribution in [3.63, 3.8) is 0 Å². The number of halogens is 1. The van der Waals surface area contributed by atoms with Crippen LogP contribution in [0.1, 0.15) is 30.6 Å². The monoisotopic (exact) mass is 335 g/mol.